The molecule has 0 aliphatic rings. The number of rotatable bonds is 6. The number of amides is 1. The monoisotopic (exact) mass is 331 g/mol. The van der Waals surface area contributed by atoms with Crippen LogP contribution in [-0.4, -0.2) is 21.6 Å². The first-order valence-electron chi connectivity index (χ1n) is 7.71. The Labute approximate surface area is 139 Å². The summed E-state index contributed by atoms with van der Waals surface area (Å²) in [5.41, 5.74) is -0.208. The molecule has 1 atom stereocenters. The van der Waals surface area contributed by atoms with Crippen molar-refractivity contribution in [1.29, 1.82) is 0 Å². The molecule has 0 saturated carbocycles. The highest BCUT2D eigenvalue weighted by molar-refractivity contribution is 5.76. The lowest BCUT2D eigenvalue weighted by atomic mass is 10.1. The maximum absolute atomic E-state index is 12.1. The highest BCUT2D eigenvalue weighted by atomic mass is 16.5. The summed E-state index contributed by atoms with van der Waals surface area (Å²) in [4.78, 5) is 36.8. The summed E-state index contributed by atoms with van der Waals surface area (Å²) in [5, 5.41) is 2.82. The number of nitrogens with one attached hydrogen (secondary N) is 2. The van der Waals surface area contributed by atoms with Crippen LogP contribution >= 0.6 is 0 Å². The Morgan fingerprint density at radius 2 is 2.00 bits per heavy atom. The Morgan fingerprint density at radius 1 is 1.25 bits per heavy atom. The maximum atomic E-state index is 12.1. The highest BCUT2D eigenvalue weighted by Crippen LogP contribution is 2.20. The molecule has 2 aromatic rings. The van der Waals surface area contributed by atoms with Gasteiger partial charge in [-0.2, -0.15) is 0 Å². The van der Waals surface area contributed by atoms with Crippen LogP contribution in [0.25, 0.3) is 0 Å². The summed E-state index contributed by atoms with van der Waals surface area (Å²) in [7, 11) is 0. The van der Waals surface area contributed by atoms with E-state index in [0.717, 1.165) is 15.9 Å². The van der Waals surface area contributed by atoms with Gasteiger partial charge in [-0.05, 0) is 38.5 Å². The molecule has 0 radical (unpaired) electrons. The van der Waals surface area contributed by atoms with Gasteiger partial charge in [-0.3, -0.25) is 19.1 Å². The molecule has 2 rings (SSSR count). The van der Waals surface area contributed by atoms with Crippen molar-refractivity contribution < 1.29 is 9.53 Å². The van der Waals surface area contributed by atoms with Crippen LogP contribution in [0.1, 0.15) is 32.4 Å². The summed E-state index contributed by atoms with van der Waals surface area (Å²) < 4.78 is 6.78. The van der Waals surface area contributed by atoms with E-state index in [2.05, 4.69) is 10.3 Å². The van der Waals surface area contributed by atoms with Crippen LogP contribution in [0, 0.1) is 0 Å². The van der Waals surface area contributed by atoms with Crippen molar-refractivity contribution in [2.75, 3.05) is 0 Å². The second kappa shape index (κ2) is 7.63. The predicted octanol–water partition coefficient (Wildman–Crippen LogP) is 1.20. The number of aromatic nitrogens is 2. The van der Waals surface area contributed by atoms with Gasteiger partial charge in [0.1, 0.15) is 12.3 Å². The summed E-state index contributed by atoms with van der Waals surface area (Å²) in [6.45, 7) is 5.57. The van der Waals surface area contributed by atoms with Gasteiger partial charge < -0.3 is 10.1 Å². The molecule has 0 bridgehead atoms. The number of H-pyrrole nitrogens is 1. The largest absolute Gasteiger partial charge is 0.491 e. The van der Waals surface area contributed by atoms with Crippen LogP contribution in [0.2, 0.25) is 0 Å². The van der Waals surface area contributed by atoms with E-state index < -0.39 is 11.2 Å². The molecule has 24 heavy (non-hydrogen) atoms. The molecule has 1 heterocycles. The number of carbonyl (C=O) groups is 1. The minimum Gasteiger partial charge on any atom is -0.491 e. The molecule has 0 aliphatic heterocycles. The molecule has 2 N–H and O–H groups in total. The molecule has 7 heteroatoms. The fourth-order valence-electron chi connectivity index (χ4n) is 2.22. The Hall–Kier alpha value is -2.83. The molecular formula is C17H21N3O4. The van der Waals surface area contributed by atoms with Crippen LogP contribution in [-0.2, 0) is 11.3 Å². The fourth-order valence-corrected chi connectivity index (χ4v) is 2.22. The van der Waals surface area contributed by atoms with Gasteiger partial charge in [-0.15, -0.1) is 0 Å². The molecule has 1 aromatic heterocycles. The number of hydrogen-bond donors (Lipinski definition) is 2. The fraction of sp³-hybridized carbons (Fsp3) is 0.353. The lowest BCUT2D eigenvalue weighted by molar-refractivity contribution is -0.122. The molecule has 0 fully saturated rings. The lowest BCUT2D eigenvalue weighted by Gasteiger charge is -2.17. The van der Waals surface area contributed by atoms with Gasteiger partial charge in [-0.1, -0.05) is 12.1 Å². The Bertz CT molecular complexity index is 823. The number of ether oxygens (including phenoxy) is 1. The second-order valence-corrected chi connectivity index (χ2v) is 5.77. The van der Waals surface area contributed by atoms with E-state index in [4.69, 9.17) is 4.74 Å². The molecule has 0 spiro atoms. The van der Waals surface area contributed by atoms with Gasteiger partial charge in [0.25, 0.3) is 5.56 Å². The molecule has 0 saturated heterocycles. The number of carbonyl (C=O) groups excluding carboxylic acids is 1. The van der Waals surface area contributed by atoms with Crippen LogP contribution in [0.3, 0.4) is 0 Å². The zero-order valence-corrected chi connectivity index (χ0v) is 13.9. The van der Waals surface area contributed by atoms with Crippen LogP contribution < -0.4 is 21.3 Å². The zero-order chi connectivity index (χ0) is 17.7. The van der Waals surface area contributed by atoms with Crippen molar-refractivity contribution in [3.05, 3.63) is 62.9 Å². The first-order chi connectivity index (χ1) is 11.3. The molecule has 0 unspecified atom stereocenters. The number of nitrogens with zero attached hydrogens (tertiary/aromatic N) is 1. The number of aromatic amines is 1. The minimum absolute atomic E-state index is 0.0669. The Morgan fingerprint density at radius 3 is 2.67 bits per heavy atom. The standard InChI is InChI=1S/C17H21N3O4/c1-11(2)24-14-6-4-5-13(9-14)12(3)18-16(22)10-20-8-7-15(21)19-17(20)23/h4-9,11-12H,10H2,1-3H3,(H,18,22)(H,19,21,23)/t12-/m1/s1. The molecule has 1 aromatic carbocycles. The van der Waals surface area contributed by atoms with Gasteiger partial charge in [0.05, 0.1) is 12.1 Å². The van der Waals surface area contributed by atoms with Crippen molar-refractivity contribution in [3.8, 4) is 5.75 Å². The van der Waals surface area contributed by atoms with Gasteiger partial charge in [-0.25, -0.2) is 4.79 Å². The van der Waals surface area contributed by atoms with E-state index in [1.54, 1.807) is 0 Å². The SMILES string of the molecule is CC(C)Oc1cccc([C@@H](C)NC(=O)Cn2ccc(=O)[nH]c2=O)c1. The van der Waals surface area contributed by atoms with Crippen LogP contribution in [0.5, 0.6) is 5.75 Å². The first-order valence-corrected chi connectivity index (χ1v) is 7.71. The zero-order valence-electron chi connectivity index (χ0n) is 13.9. The number of hydrogen-bond acceptors (Lipinski definition) is 4. The van der Waals surface area contributed by atoms with E-state index in [-0.39, 0.29) is 24.6 Å². The van der Waals surface area contributed by atoms with Gasteiger partial charge in [0.15, 0.2) is 0 Å². The third-order valence-electron chi connectivity index (χ3n) is 3.32. The highest BCUT2D eigenvalue weighted by Gasteiger charge is 2.12. The summed E-state index contributed by atoms with van der Waals surface area (Å²) in [6.07, 6.45) is 1.36. The normalized spacial score (nSPS) is 12.0. The van der Waals surface area contributed by atoms with Crippen molar-refractivity contribution >= 4 is 5.91 Å². The average molecular weight is 331 g/mol. The van der Waals surface area contributed by atoms with Gasteiger partial charge in [0, 0.05) is 12.3 Å². The Kier molecular flexibility index (Phi) is 5.57. The van der Waals surface area contributed by atoms with Crippen molar-refractivity contribution in [2.45, 2.75) is 39.5 Å². The number of benzene rings is 1. The molecule has 128 valence electrons. The quantitative estimate of drug-likeness (QED) is 0.832. The van der Waals surface area contributed by atoms with Crippen molar-refractivity contribution in [2.24, 2.45) is 0 Å². The third-order valence-corrected chi connectivity index (χ3v) is 3.32. The van der Waals surface area contributed by atoms with E-state index in [0.29, 0.717) is 0 Å². The summed E-state index contributed by atoms with van der Waals surface area (Å²) in [5.74, 6) is 0.410. The van der Waals surface area contributed by atoms with E-state index in [1.165, 1.54) is 12.3 Å². The summed E-state index contributed by atoms with van der Waals surface area (Å²) >= 11 is 0. The second-order valence-electron chi connectivity index (χ2n) is 5.77. The van der Waals surface area contributed by atoms with Crippen molar-refractivity contribution in [1.82, 2.24) is 14.9 Å². The van der Waals surface area contributed by atoms with Crippen molar-refractivity contribution in [3.63, 3.8) is 0 Å². The molecular weight excluding hydrogens is 310 g/mol. The Balaban J connectivity index is 2.03. The maximum Gasteiger partial charge on any atom is 0.328 e. The summed E-state index contributed by atoms with van der Waals surface area (Å²) in [6, 6.07) is 8.44. The third kappa shape index (κ3) is 4.84. The lowest BCUT2D eigenvalue weighted by Crippen LogP contribution is -2.36. The van der Waals surface area contributed by atoms with E-state index >= 15 is 0 Å². The molecule has 0 aliphatic carbocycles. The van der Waals surface area contributed by atoms with Gasteiger partial charge in [0.2, 0.25) is 5.91 Å². The first kappa shape index (κ1) is 17.5. The average Bonchev–Trinajstić information content (AvgIpc) is 2.49. The smallest absolute Gasteiger partial charge is 0.328 e. The topological polar surface area (TPSA) is 93.2 Å². The van der Waals surface area contributed by atoms with Crippen LogP contribution in [0.4, 0.5) is 0 Å². The molecule has 7 nitrogen and oxygen atoms in total. The van der Waals surface area contributed by atoms with E-state index in [1.807, 2.05) is 45.0 Å². The van der Waals surface area contributed by atoms with E-state index in [9.17, 15) is 14.4 Å². The predicted molar refractivity (Wildman–Crippen MR) is 90.1 cm³/mol. The van der Waals surface area contributed by atoms with Crippen LogP contribution in [0.15, 0.2) is 46.1 Å². The van der Waals surface area contributed by atoms with Gasteiger partial charge >= 0.3 is 5.69 Å². The minimum atomic E-state index is -0.613. The molecule has 1 amide bonds.